The van der Waals surface area contributed by atoms with Crippen molar-refractivity contribution in [3.05, 3.63) is 123 Å². The molecule has 4 aromatic rings. The lowest BCUT2D eigenvalue weighted by atomic mass is 9.75. The lowest BCUT2D eigenvalue weighted by molar-refractivity contribution is -0.361. The van der Waals surface area contributed by atoms with Crippen LogP contribution >= 0.6 is 0 Å². The molecule has 46 heavy (non-hydrogen) atoms. The van der Waals surface area contributed by atoms with Gasteiger partial charge in [-0.3, -0.25) is 4.79 Å². The van der Waals surface area contributed by atoms with E-state index in [1.807, 2.05) is 50.2 Å². The maximum absolute atomic E-state index is 13.1. The smallest absolute Gasteiger partial charge is 0.324 e. The average Bonchev–Trinajstić information content (AvgIpc) is 3.08. The van der Waals surface area contributed by atoms with Crippen molar-refractivity contribution in [2.75, 3.05) is 0 Å². The summed E-state index contributed by atoms with van der Waals surface area (Å²) in [6.07, 6.45) is 0. The van der Waals surface area contributed by atoms with Crippen molar-refractivity contribution in [3.63, 3.8) is 0 Å². The van der Waals surface area contributed by atoms with Crippen LogP contribution in [0.25, 0.3) is 0 Å². The van der Waals surface area contributed by atoms with Gasteiger partial charge < -0.3 is 29.2 Å². The summed E-state index contributed by atoms with van der Waals surface area (Å²) in [4.78, 5) is 13.1. The van der Waals surface area contributed by atoms with Crippen LogP contribution in [0.3, 0.4) is 0 Å². The summed E-state index contributed by atoms with van der Waals surface area (Å²) in [7, 11) is 0. The van der Waals surface area contributed by atoms with Crippen LogP contribution < -0.4 is 9.47 Å². The Hall–Kier alpha value is -4.01. The highest BCUT2D eigenvalue weighted by molar-refractivity contribution is 6.09. The van der Waals surface area contributed by atoms with E-state index < -0.39 is 11.4 Å². The largest absolute Gasteiger partial charge is 0.457 e. The second kappa shape index (κ2) is 13.4. The van der Waals surface area contributed by atoms with Gasteiger partial charge in [-0.1, -0.05) is 65.8 Å². The minimum absolute atomic E-state index is 0.0689. The van der Waals surface area contributed by atoms with Crippen LogP contribution in [-0.4, -0.2) is 22.0 Å². The van der Waals surface area contributed by atoms with Crippen molar-refractivity contribution < 1.29 is 34.0 Å². The Morgan fingerprint density at radius 2 is 1.30 bits per heavy atom. The summed E-state index contributed by atoms with van der Waals surface area (Å²) >= 11 is 0. The monoisotopic (exact) mass is 624 g/mol. The molecule has 0 amide bonds. The number of aliphatic hydroxyl groups excluding tert-OH is 2. The van der Waals surface area contributed by atoms with E-state index in [-0.39, 0.29) is 19.0 Å². The van der Waals surface area contributed by atoms with Gasteiger partial charge in [0.15, 0.2) is 5.78 Å². The van der Waals surface area contributed by atoms with Gasteiger partial charge in [0.2, 0.25) is 0 Å². The summed E-state index contributed by atoms with van der Waals surface area (Å²) in [5.41, 5.74) is 6.84. The first-order valence-corrected chi connectivity index (χ1v) is 15.9. The maximum Gasteiger partial charge on any atom is 0.324 e. The van der Waals surface area contributed by atoms with Crippen LogP contribution in [0.4, 0.5) is 0 Å². The molecule has 2 aliphatic heterocycles. The van der Waals surface area contributed by atoms with Crippen molar-refractivity contribution in [2.24, 2.45) is 0 Å². The molecular weight excluding hydrogens is 580 g/mol. The number of hydrogen-bond acceptors (Lipinski definition) is 7. The quantitative estimate of drug-likeness (QED) is 0.181. The van der Waals surface area contributed by atoms with Crippen LogP contribution in [0.2, 0.25) is 0 Å². The molecule has 2 aliphatic rings. The third-order valence-corrected chi connectivity index (χ3v) is 8.71. The highest BCUT2D eigenvalue weighted by Crippen LogP contribution is 2.45. The Kier molecular flexibility index (Phi) is 9.70. The number of carbonyl (C=O) groups excluding carboxylic acids is 1. The molecule has 242 valence electrons. The maximum atomic E-state index is 13.1. The third-order valence-electron chi connectivity index (χ3n) is 8.71. The molecule has 6 rings (SSSR count). The summed E-state index contributed by atoms with van der Waals surface area (Å²) < 4.78 is 23.8. The Bertz CT molecular complexity index is 1650. The molecule has 2 bridgehead atoms. The summed E-state index contributed by atoms with van der Waals surface area (Å²) in [6, 6.07) is 22.6. The van der Waals surface area contributed by atoms with Crippen molar-refractivity contribution in [2.45, 2.75) is 92.2 Å². The van der Waals surface area contributed by atoms with E-state index in [0.717, 1.165) is 28.0 Å². The number of rotatable bonds is 9. The fourth-order valence-electron chi connectivity index (χ4n) is 5.79. The van der Waals surface area contributed by atoms with Crippen LogP contribution in [0.5, 0.6) is 17.2 Å². The summed E-state index contributed by atoms with van der Waals surface area (Å²) in [6.45, 7) is 14.4. The van der Waals surface area contributed by atoms with Gasteiger partial charge in [0, 0.05) is 45.7 Å². The molecule has 0 spiro atoms. The van der Waals surface area contributed by atoms with Gasteiger partial charge in [-0.25, -0.2) is 0 Å². The molecule has 0 fully saturated rings. The molecule has 7 heteroatoms. The number of aliphatic hydroxyl groups is 2. The van der Waals surface area contributed by atoms with Gasteiger partial charge in [0.1, 0.15) is 17.2 Å². The van der Waals surface area contributed by atoms with Crippen LogP contribution in [0.15, 0.2) is 72.8 Å². The zero-order valence-electron chi connectivity index (χ0n) is 27.8. The van der Waals surface area contributed by atoms with E-state index in [0.29, 0.717) is 52.9 Å². The molecular formula is C39H44O7. The minimum Gasteiger partial charge on any atom is -0.457 e. The van der Waals surface area contributed by atoms with E-state index in [1.54, 1.807) is 31.2 Å². The van der Waals surface area contributed by atoms with Crippen molar-refractivity contribution in [1.82, 2.24) is 0 Å². The van der Waals surface area contributed by atoms with Gasteiger partial charge >= 0.3 is 5.97 Å². The van der Waals surface area contributed by atoms with Gasteiger partial charge in [0.05, 0.1) is 26.4 Å². The Morgan fingerprint density at radius 3 is 1.78 bits per heavy atom. The lowest BCUT2D eigenvalue weighted by Crippen LogP contribution is -2.44. The SMILES string of the molecule is CC.CC(C)c1ccc(C(=O)c2ccc(Oc3c(CO)cc(C(C)(C)c4cc5c6c(c4)COC(C)(OC5)O6)cc3CO)cc2)cc1. The number of fused-ring (bicyclic) bond motifs is 1. The van der Waals surface area contributed by atoms with Gasteiger partial charge in [-0.05, 0) is 71.1 Å². The highest BCUT2D eigenvalue weighted by atomic mass is 16.9. The van der Waals surface area contributed by atoms with Gasteiger partial charge in [-0.15, -0.1) is 0 Å². The second-order valence-electron chi connectivity index (χ2n) is 12.5. The number of ether oxygens (including phenoxy) is 4. The molecule has 0 radical (unpaired) electrons. The topological polar surface area (TPSA) is 94.5 Å². The first kappa shape index (κ1) is 33.4. The Morgan fingerprint density at radius 1 is 0.826 bits per heavy atom. The minimum atomic E-state index is -1.05. The Labute approximate surface area is 271 Å². The van der Waals surface area contributed by atoms with Crippen molar-refractivity contribution in [3.8, 4) is 17.2 Å². The fraction of sp³-hybridized carbons (Fsp3) is 0.359. The molecule has 0 saturated carbocycles. The number of benzene rings is 4. The fourth-order valence-corrected chi connectivity index (χ4v) is 5.79. The molecule has 0 atom stereocenters. The predicted molar refractivity (Wildman–Crippen MR) is 177 cm³/mol. The molecule has 4 aromatic carbocycles. The van der Waals surface area contributed by atoms with Crippen molar-refractivity contribution in [1.29, 1.82) is 0 Å². The molecule has 7 nitrogen and oxygen atoms in total. The van der Waals surface area contributed by atoms with Crippen LogP contribution in [-0.2, 0) is 41.3 Å². The molecule has 0 saturated heterocycles. The number of ketones is 1. The highest BCUT2D eigenvalue weighted by Gasteiger charge is 2.40. The van der Waals surface area contributed by atoms with Gasteiger partial charge in [0.25, 0.3) is 0 Å². The summed E-state index contributed by atoms with van der Waals surface area (Å²) in [5.74, 6) is 0.986. The zero-order valence-corrected chi connectivity index (χ0v) is 27.8. The normalized spacial score (nSPS) is 14.7. The van der Waals surface area contributed by atoms with E-state index in [2.05, 4.69) is 39.8 Å². The van der Waals surface area contributed by atoms with Crippen molar-refractivity contribution >= 4 is 5.78 Å². The van der Waals surface area contributed by atoms with Gasteiger partial charge in [-0.2, -0.15) is 0 Å². The average molecular weight is 625 g/mol. The Balaban J connectivity index is 0.00000204. The van der Waals surface area contributed by atoms with E-state index in [9.17, 15) is 15.0 Å². The lowest BCUT2D eigenvalue weighted by Gasteiger charge is -2.40. The van der Waals surface area contributed by atoms with E-state index in [4.69, 9.17) is 18.9 Å². The number of carbonyl (C=O) groups is 1. The summed E-state index contributed by atoms with van der Waals surface area (Å²) in [5, 5.41) is 20.8. The second-order valence-corrected chi connectivity index (χ2v) is 12.5. The molecule has 0 aliphatic carbocycles. The zero-order chi connectivity index (χ0) is 33.2. The predicted octanol–water partition coefficient (Wildman–Crippen LogP) is 8.28. The van der Waals surface area contributed by atoms with Crippen LogP contribution in [0, 0.1) is 0 Å². The molecule has 0 unspecified atom stereocenters. The molecule has 2 N–H and O–H groups in total. The third kappa shape index (κ3) is 6.46. The van der Waals surface area contributed by atoms with E-state index in [1.165, 1.54) is 5.56 Å². The molecule has 2 heterocycles. The first-order valence-electron chi connectivity index (χ1n) is 15.9. The first-order chi connectivity index (χ1) is 22.0. The molecule has 0 aromatic heterocycles. The van der Waals surface area contributed by atoms with Crippen LogP contribution in [0.1, 0.15) is 109 Å². The number of hydrogen-bond donors (Lipinski definition) is 2. The van der Waals surface area contributed by atoms with E-state index >= 15 is 0 Å². The standard InChI is InChI=1S/C37H38O7.C2H6/c1-22(2)23-6-8-24(9-7-23)33(40)25-10-12-32(13-11-25)43-34-26(18-38)14-30(15-27(34)19-39)36(3,4)31-16-28-20-41-37(5)42-21-29(17-31)35(28)44-37;1-2/h6-17,22,38-39H,18-21H2,1-5H3;1-2H3.